The van der Waals surface area contributed by atoms with Crippen molar-refractivity contribution in [1.82, 2.24) is 0 Å². The summed E-state index contributed by atoms with van der Waals surface area (Å²) in [4.78, 5) is 24.1. The zero-order valence-corrected chi connectivity index (χ0v) is 43.5. The van der Waals surface area contributed by atoms with Crippen LogP contribution in [0.2, 0.25) is 0 Å². The van der Waals surface area contributed by atoms with Gasteiger partial charge in [-0.1, -0.05) is 335 Å². The van der Waals surface area contributed by atoms with Crippen molar-refractivity contribution < 1.29 is 19.1 Å². The summed E-state index contributed by atoms with van der Waals surface area (Å²) in [7, 11) is 0. The predicted molar refractivity (Wildman–Crippen MR) is 278 cm³/mol. The first-order valence-corrected chi connectivity index (χ1v) is 29.5. The van der Waals surface area contributed by atoms with Crippen LogP contribution in [0.5, 0.6) is 0 Å². The first-order chi connectivity index (χ1) is 31.2. The fourth-order valence-electron chi connectivity index (χ4n) is 9.43. The van der Waals surface area contributed by atoms with Crippen LogP contribution < -0.4 is 0 Å². The highest BCUT2D eigenvalue weighted by Crippen LogP contribution is 2.18. The van der Waals surface area contributed by atoms with Crippen molar-refractivity contribution in [1.29, 1.82) is 0 Å². The van der Waals surface area contributed by atoms with E-state index in [0.717, 1.165) is 25.7 Å². The molecule has 0 aromatic rings. The number of ether oxygens (including phenoxy) is 2. The van der Waals surface area contributed by atoms with Gasteiger partial charge in [0, 0.05) is 0 Å². The van der Waals surface area contributed by atoms with E-state index >= 15 is 0 Å². The molecule has 0 radical (unpaired) electrons. The van der Waals surface area contributed by atoms with Crippen LogP contribution in [-0.2, 0) is 19.1 Å². The quantitative estimate of drug-likeness (QED) is 0.0347. The summed E-state index contributed by atoms with van der Waals surface area (Å²) in [6, 6.07) is 0. The Morgan fingerprint density at radius 1 is 0.206 bits per heavy atom. The molecular formula is C59H116O4. The van der Waals surface area contributed by atoms with Gasteiger partial charge in [-0.05, 0) is 12.8 Å². The molecule has 0 unspecified atom stereocenters. The maximum absolute atomic E-state index is 12.0. The first kappa shape index (κ1) is 61.9. The van der Waals surface area contributed by atoms with Crippen LogP contribution in [0.1, 0.15) is 354 Å². The lowest BCUT2D eigenvalue weighted by molar-refractivity contribution is -0.154. The van der Waals surface area contributed by atoms with Crippen LogP contribution in [0.15, 0.2) is 0 Å². The van der Waals surface area contributed by atoms with E-state index in [9.17, 15) is 9.59 Å². The summed E-state index contributed by atoms with van der Waals surface area (Å²) in [5.74, 6) is -0.880. The molecule has 0 aliphatic carbocycles. The highest BCUT2D eigenvalue weighted by molar-refractivity contribution is 5.91. The molecule has 0 aromatic heterocycles. The van der Waals surface area contributed by atoms with Crippen molar-refractivity contribution in [2.75, 3.05) is 13.2 Å². The molecule has 0 spiro atoms. The minimum atomic E-state index is -0.440. The summed E-state index contributed by atoms with van der Waals surface area (Å²) in [6.07, 6.45) is 71.6. The van der Waals surface area contributed by atoms with E-state index in [4.69, 9.17) is 9.47 Å². The number of esters is 2. The summed E-state index contributed by atoms with van der Waals surface area (Å²) in [6.45, 7) is 5.44. The summed E-state index contributed by atoms with van der Waals surface area (Å²) >= 11 is 0. The zero-order valence-electron chi connectivity index (χ0n) is 43.5. The molecule has 0 aliphatic rings. The number of hydrogen-bond donors (Lipinski definition) is 0. The van der Waals surface area contributed by atoms with Gasteiger partial charge in [-0.2, -0.15) is 0 Å². The molecule has 0 aromatic carbocycles. The lowest BCUT2D eigenvalue weighted by atomic mass is 10.0. The fourth-order valence-corrected chi connectivity index (χ4v) is 9.43. The van der Waals surface area contributed by atoms with Crippen LogP contribution in [0.25, 0.3) is 0 Å². The molecule has 0 N–H and O–H groups in total. The van der Waals surface area contributed by atoms with E-state index in [1.807, 2.05) is 0 Å². The number of rotatable bonds is 56. The standard InChI is InChI=1S/C59H116O4/c1-3-5-7-9-11-13-15-17-19-21-23-25-27-29-31-33-35-37-39-41-43-45-47-49-51-53-55-62-58(60)57-59(61)63-56-54-52-50-48-46-44-42-40-38-36-34-32-30-28-26-24-22-20-18-16-14-12-10-8-6-4-2/h3-57H2,1-2H3. The maximum Gasteiger partial charge on any atom is 0.317 e. The summed E-state index contributed by atoms with van der Waals surface area (Å²) < 4.78 is 10.6. The third-order valence-electron chi connectivity index (χ3n) is 13.8. The van der Waals surface area contributed by atoms with Gasteiger partial charge in [-0.25, -0.2) is 0 Å². The van der Waals surface area contributed by atoms with Gasteiger partial charge in [0.25, 0.3) is 0 Å². The maximum atomic E-state index is 12.0. The number of hydrogen-bond acceptors (Lipinski definition) is 4. The van der Waals surface area contributed by atoms with E-state index in [1.165, 1.54) is 308 Å². The van der Waals surface area contributed by atoms with Crippen LogP contribution >= 0.6 is 0 Å². The molecule has 4 heteroatoms. The van der Waals surface area contributed by atoms with Crippen molar-refractivity contribution in [2.45, 2.75) is 354 Å². The van der Waals surface area contributed by atoms with Crippen molar-refractivity contribution in [3.05, 3.63) is 0 Å². The minimum Gasteiger partial charge on any atom is -0.465 e. The normalized spacial score (nSPS) is 11.5. The Hall–Kier alpha value is -1.06. The lowest BCUT2D eigenvalue weighted by Gasteiger charge is -2.07. The summed E-state index contributed by atoms with van der Waals surface area (Å²) in [5.41, 5.74) is 0. The number of unbranched alkanes of at least 4 members (excludes halogenated alkanes) is 50. The third kappa shape index (κ3) is 57.0. The van der Waals surface area contributed by atoms with Crippen LogP contribution in [0.4, 0.5) is 0 Å². The molecule has 0 heterocycles. The Morgan fingerprint density at radius 3 is 0.476 bits per heavy atom. The average molecular weight is 890 g/mol. The zero-order chi connectivity index (χ0) is 45.5. The van der Waals surface area contributed by atoms with Gasteiger partial charge < -0.3 is 9.47 Å². The van der Waals surface area contributed by atoms with Gasteiger partial charge in [-0.15, -0.1) is 0 Å². The van der Waals surface area contributed by atoms with E-state index in [1.54, 1.807) is 0 Å². The third-order valence-corrected chi connectivity index (χ3v) is 13.8. The van der Waals surface area contributed by atoms with Crippen LogP contribution in [0, 0.1) is 0 Å². The molecule has 0 amide bonds. The van der Waals surface area contributed by atoms with Crippen molar-refractivity contribution in [3.8, 4) is 0 Å². The second-order valence-electron chi connectivity index (χ2n) is 20.3. The second-order valence-corrected chi connectivity index (χ2v) is 20.3. The lowest BCUT2D eigenvalue weighted by Crippen LogP contribution is -2.15. The summed E-state index contributed by atoms with van der Waals surface area (Å²) in [5, 5.41) is 0. The van der Waals surface area contributed by atoms with Crippen molar-refractivity contribution in [3.63, 3.8) is 0 Å². The molecule has 0 rings (SSSR count). The van der Waals surface area contributed by atoms with E-state index in [2.05, 4.69) is 13.8 Å². The van der Waals surface area contributed by atoms with Crippen molar-refractivity contribution in [2.24, 2.45) is 0 Å². The molecule has 63 heavy (non-hydrogen) atoms. The van der Waals surface area contributed by atoms with Gasteiger partial charge in [0.1, 0.15) is 6.42 Å². The topological polar surface area (TPSA) is 52.6 Å². The van der Waals surface area contributed by atoms with Crippen molar-refractivity contribution >= 4 is 11.9 Å². The van der Waals surface area contributed by atoms with E-state index in [0.29, 0.717) is 13.2 Å². The molecule has 0 fully saturated rings. The highest BCUT2D eigenvalue weighted by Gasteiger charge is 2.12. The Kier molecular flexibility index (Phi) is 56.1. The molecule has 0 atom stereocenters. The molecule has 4 nitrogen and oxygen atoms in total. The largest absolute Gasteiger partial charge is 0.465 e. The van der Waals surface area contributed by atoms with Gasteiger partial charge >= 0.3 is 11.9 Å². The Balaban J connectivity index is 3.22. The second kappa shape index (κ2) is 57.1. The molecule has 0 saturated carbocycles. The number of carbonyl (C=O) groups excluding carboxylic acids is 2. The molecule has 0 saturated heterocycles. The van der Waals surface area contributed by atoms with E-state index in [-0.39, 0.29) is 6.42 Å². The minimum absolute atomic E-state index is 0.251. The SMILES string of the molecule is CCCCCCCCCCCCCCCCCCCCCCCCCCCCOC(=O)CC(=O)OCCCCCCCCCCCCCCCCCCCCCCCCCCCC. The first-order valence-electron chi connectivity index (χ1n) is 29.5. The smallest absolute Gasteiger partial charge is 0.317 e. The fraction of sp³-hybridized carbons (Fsp3) is 0.966. The molecule has 0 aliphatic heterocycles. The monoisotopic (exact) mass is 889 g/mol. The van der Waals surface area contributed by atoms with Gasteiger partial charge in [0.2, 0.25) is 0 Å². The van der Waals surface area contributed by atoms with Crippen LogP contribution in [0.3, 0.4) is 0 Å². The Bertz CT molecular complexity index is 788. The van der Waals surface area contributed by atoms with Gasteiger partial charge in [-0.3, -0.25) is 9.59 Å². The average Bonchev–Trinajstić information content (AvgIpc) is 3.28. The Morgan fingerprint density at radius 2 is 0.333 bits per heavy atom. The molecular weight excluding hydrogens is 773 g/mol. The van der Waals surface area contributed by atoms with Gasteiger partial charge in [0.05, 0.1) is 13.2 Å². The molecule has 0 bridgehead atoms. The highest BCUT2D eigenvalue weighted by atomic mass is 16.6. The Labute approximate surface area is 396 Å². The molecule has 376 valence electrons. The van der Waals surface area contributed by atoms with Gasteiger partial charge in [0.15, 0.2) is 0 Å². The van der Waals surface area contributed by atoms with E-state index < -0.39 is 11.9 Å². The van der Waals surface area contributed by atoms with Crippen LogP contribution in [-0.4, -0.2) is 25.2 Å². The predicted octanol–water partition coefficient (Wildman–Crippen LogP) is 20.8. The number of carbonyl (C=O) groups is 2.